The molecule has 0 bridgehead atoms. The highest BCUT2D eigenvalue weighted by molar-refractivity contribution is 7.16. The molecule has 24 heavy (non-hydrogen) atoms. The summed E-state index contributed by atoms with van der Waals surface area (Å²) in [5.41, 5.74) is 2.35. The molecule has 3 heterocycles. The summed E-state index contributed by atoms with van der Waals surface area (Å²) in [5.74, 6) is -0.194. The van der Waals surface area contributed by atoms with E-state index in [0.717, 1.165) is 22.7 Å². The molecule has 0 radical (unpaired) electrons. The summed E-state index contributed by atoms with van der Waals surface area (Å²) in [4.78, 5) is 28.1. The summed E-state index contributed by atoms with van der Waals surface area (Å²) in [7, 11) is 4.00. The second-order valence-corrected chi connectivity index (χ2v) is 6.54. The Hall–Kier alpha value is -2.64. The van der Waals surface area contributed by atoms with Gasteiger partial charge in [-0.1, -0.05) is 11.3 Å². The molecule has 6 nitrogen and oxygen atoms in total. The third-order valence-electron chi connectivity index (χ3n) is 3.26. The molecular formula is C17H17N5OS. The van der Waals surface area contributed by atoms with Crippen molar-refractivity contribution in [3.8, 4) is 11.3 Å². The lowest BCUT2D eigenvalue weighted by atomic mass is 10.2. The van der Waals surface area contributed by atoms with Crippen LogP contribution in [0.25, 0.3) is 11.3 Å². The van der Waals surface area contributed by atoms with Crippen molar-refractivity contribution < 1.29 is 4.79 Å². The molecule has 0 fully saturated rings. The van der Waals surface area contributed by atoms with Crippen LogP contribution in [0.1, 0.15) is 15.2 Å². The van der Waals surface area contributed by atoms with Gasteiger partial charge in [-0.2, -0.15) is 0 Å². The molecular weight excluding hydrogens is 322 g/mol. The fraction of sp³-hybridized carbons (Fsp3) is 0.176. The van der Waals surface area contributed by atoms with Gasteiger partial charge in [0.15, 0.2) is 5.13 Å². The largest absolute Gasteiger partial charge is 0.304 e. The Morgan fingerprint density at radius 1 is 1.17 bits per heavy atom. The highest BCUT2D eigenvalue weighted by Crippen LogP contribution is 2.31. The van der Waals surface area contributed by atoms with Crippen molar-refractivity contribution in [2.45, 2.75) is 6.54 Å². The van der Waals surface area contributed by atoms with E-state index in [2.05, 4.69) is 25.2 Å². The molecule has 3 aromatic heterocycles. The van der Waals surface area contributed by atoms with Gasteiger partial charge in [-0.25, -0.2) is 4.98 Å². The monoisotopic (exact) mass is 339 g/mol. The number of rotatable bonds is 5. The van der Waals surface area contributed by atoms with Gasteiger partial charge in [0.05, 0.1) is 5.69 Å². The van der Waals surface area contributed by atoms with Crippen molar-refractivity contribution in [2.75, 3.05) is 19.4 Å². The zero-order chi connectivity index (χ0) is 16.9. The van der Waals surface area contributed by atoms with Crippen molar-refractivity contribution >= 4 is 22.4 Å². The molecule has 0 aliphatic heterocycles. The summed E-state index contributed by atoms with van der Waals surface area (Å²) < 4.78 is 0. The normalized spacial score (nSPS) is 10.8. The Balaban J connectivity index is 1.89. The van der Waals surface area contributed by atoms with Crippen LogP contribution in [-0.2, 0) is 6.54 Å². The van der Waals surface area contributed by atoms with E-state index in [1.54, 1.807) is 36.9 Å². The number of nitrogens with zero attached hydrogens (tertiary/aromatic N) is 4. The minimum Gasteiger partial charge on any atom is -0.304 e. The first-order chi connectivity index (χ1) is 11.6. The maximum atomic E-state index is 12.3. The molecule has 1 amide bonds. The lowest BCUT2D eigenvalue weighted by Crippen LogP contribution is -2.11. The van der Waals surface area contributed by atoms with E-state index < -0.39 is 0 Å². The Bertz CT molecular complexity index is 818. The summed E-state index contributed by atoms with van der Waals surface area (Å²) in [6.07, 6.45) is 6.70. The Labute approximate surface area is 144 Å². The highest BCUT2D eigenvalue weighted by atomic mass is 32.1. The van der Waals surface area contributed by atoms with Crippen LogP contribution in [0.5, 0.6) is 0 Å². The standard InChI is InChI=1S/C17H17N5OS/c1-22(2)11-14-15(13-4-3-7-19-10-13)20-17(24-14)21-16(23)12-5-8-18-9-6-12/h3-10H,11H2,1-2H3,(H,20,21,23). The number of hydrogen-bond acceptors (Lipinski definition) is 6. The Morgan fingerprint density at radius 3 is 2.62 bits per heavy atom. The van der Waals surface area contributed by atoms with Crippen LogP contribution in [0.15, 0.2) is 49.1 Å². The van der Waals surface area contributed by atoms with Crippen LogP contribution in [0.3, 0.4) is 0 Å². The number of hydrogen-bond donors (Lipinski definition) is 1. The minimum absolute atomic E-state index is 0.194. The SMILES string of the molecule is CN(C)Cc1sc(NC(=O)c2ccncc2)nc1-c1cccnc1. The number of nitrogens with one attached hydrogen (secondary N) is 1. The molecule has 0 unspecified atom stereocenters. The van der Waals surface area contributed by atoms with E-state index in [0.29, 0.717) is 10.7 Å². The predicted octanol–water partition coefficient (Wildman–Crippen LogP) is 2.91. The van der Waals surface area contributed by atoms with Gasteiger partial charge >= 0.3 is 0 Å². The average Bonchev–Trinajstić information content (AvgIpc) is 2.98. The summed E-state index contributed by atoms with van der Waals surface area (Å²) in [6.45, 7) is 0.743. The fourth-order valence-corrected chi connectivity index (χ4v) is 3.30. The molecule has 0 aliphatic rings. The average molecular weight is 339 g/mol. The van der Waals surface area contributed by atoms with Crippen molar-refractivity contribution in [3.63, 3.8) is 0 Å². The number of carbonyl (C=O) groups is 1. The first kappa shape index (κ1) is 16.2. The van der Waals surface area contributed by atoms with E-state index >= 15 is 0 Å². The molecule has 3 aromatic rings. The number of pyridine rings is 2. The van der Waals surface area contributed by atoms with Crippen LogP contribution in [-0.4, -0.2) is 39.9 Å². The van der Waals surface area contributed by atoms with Gasteiger partial charge in [-0.3, -0.25) is 20.1 Å². The van der Waals surface area contributed by atoms with E-state index in [1.165, 1.54) is 11.3 Å². The van der Waals surface area contributed by atoms with Crippen molar-refractivity contribution in [3.05, 3.63) is 59.5 Å². The van der Waals surface area contributed by atoms with Gasteiger partial charge in [0, 0.05) is 47.3 Å². The van der Waals surface area contributed by atoms with Crippen LogP contribution < -0.4 is 5.32 Å². The first-order valence-corrected chi connectivity index (χ1v) is 8.21. The second-order valence-electron chi connectivity index (χ2n) is 5.46. The zero-order valence-corrected chi connectivity index (χ0v) is 14.2. The van der Waals surface area contributed by atoms with E-state index in [1.807, 2.05) is 26.2 Å². The van der Waals surface area contributed by atoms with Gasteiger partial charge in [0.1, 0.15) is 0 Å². The molecule has 0 atom stereocenters. The van der Waals surface area contributed by atoms with Crippen LogP contribution in [0.4, 0.5) is 5.13 Å². The Kier molecular flexibility index (Phi) is 4.93. The molecule has 1 N–H and O–H groups in total. The molecule has 0 saturated heterocycles. The lowest BCUT2D eigenvalue weighted by molar-refractivity contribution is 0.102. The van der Waals surface area contributed by atoms with Gasteiger partial charge in [0.2, 0.25) is 0 Å². The fourth-order valence-electron chi connectivity index (χ4n) is 2.20. The summed E-state index contributed by atoms with van der Waals surface area (Å²) in [5, 5.41) is 3.44. The number of anilines is 1. The van der Waals surface area contributed by atoms with Crippen molar-refractivity contribution in [1.82, 2.24) is 19.9 Å². The topological polar surface area (TPSA) is 71.0 Å². The van der Waals surface area contributed by atoms with E-state index in [4.69, 9.17) is 0 Å². The molecule has 7 heteroatoms. The molecule has 0 aliphatic carbocycles. The summed E-state index contributed by atoms with van der Waals surface area (Å²) >= 11 is 1.48. The molecule has 0 saturated carbocycles. The van der Waals surface area contributed by atoms with Gasteiger partial charge in [-0.15, -0.1) is 0 Å². The van der Waals surface area contributed by atoms with E-state index in [9.17, 15) is 4.79 Å². The number of thiazole rings is 1. The molecule has 0 spiro atoms. The molecule has 0 aromatic carbocycles. The number of aromatic nitrogens is 3. The third kappa shape index (κ3) is 3.81. The summed E-state index contributed by atoms with van der Waals surface area (Å²) in [6, 6.07) is 7.19. The van der Waals surface area contributed by atoms with Gasteiger partial charge in [0.25, 0.3) is 5.91 Å². The van der Waals surface area contributed by atoms with Crippen LogP contribution >= 0.6 is 11.3 Å². The number of amides is 1. The molecule has 122 valence electrons. The maximum Gasteiger partial charge on any atom is 0.257 e. The quantitative estimate of drug-likeness (QED) is 0.774. The predicted molar refractivity (Wildman–Crippen MR) is 94.9 cm³/mol. The third-order valence-corrected chi connectivity index (χ3v) is 4.21. The van der Waals surface area contributed by atoms with Gasteiger partial charge in [-0.05, 0) is 38.4 Å². The van der Waals surface area contributed by atoms with Gasteiger partial charge < -0.3 is 4.90 Å². The Morgan fingerprint density at radius 2 is 1.96 bits per heavy atom. The minimum atomic E-state index is -0.194. The maximum absolute atomic E-state index is 12.3. The lowest BCUT2D eigenvalue weighted by Gasteiger charge is -2.08. The van der Waals surface area contributed by atoms with E-state index in [-0.39, 0.29) is 5.91 Å². The highest BCUT2D eigenvalue weighted by Gasteiger charge is 2.16. The first-order valence-electron chi connectivity index (χ1n) is 7.39. The molecule has 3 rings (SSSR count). The van der Waals surface area contributed by atoms with Crippen LogP contribution in [0.2, 0.25) is 0 Å². The van der Waals surface area contributed by atoms with Crippen molar-refractivity contribution in [2.24, 2.45) is 0 Å². The zero-order valence-electron chi connectivity index (χ0n) is 13.4. The smallest absolute Gasteiger partial charge is 0.257 e. The second kappa shape index (κ2) is 7.29. The number of carbonyl (C=O) groups excluding carboxylic acids is 1. The van der Waals surface area contributed by atoms with Crippen molar-refractivity contribution in [1.29, 1.82) is 0 Å². The van der Waals surface area contributed by atoms with Crippen LogP contribution in [0, 0.1) is 0 Å².